The summed E-state index contributed by atoms with van der Waals surface area (Å²) in [6.07, 6.45) is -4.71. The number of fused-ring (bicyclic) bond motifs is 1. The SMILES string of the molecule is [2H]c1c([2H])c(S(=O)(=O)N2C([2H])([2H])C([2H])([2H])N(C([2H])([2H])[2H])C([2H])([2H])C2([2H])[2H])c([2H])c(-c2nc3c(CC([2H])([2H])C([2H])([2H])[2H])nn(C([2H])([2H])[2H])c3c(=O)n2[2H])c1OC([2H])([2H])C([2H])([2H])[2H]. The second kappa shape index (κ2) is 9.24. The van der Waals surface area contributed by atoms with E-state index in [-0.39, 0.29) is 4.68 Å². The summed E-state index contributed by atoms with van der Waals surface area (Å²) in [5.74, 6) is -3.32. The molecule has 1 aromatic carbocycles. The van der Waals surface area contributed by atoms with Gasteiger partial charge in [-0.25, -0.2) is 13.4 Å². The number of piperazine rings is 1. The van der Waals surface area contributed by atoms with Crippen LogP contribution in [0.5, 0.6) is 5.75 Å². The average molecular weight is 503 g/mol. The molecule has 0 amide bonds. The lowest BCUT2D eigenvalue weighted by atomic mass is 10.1. The second-order valence-electron chi connectivity index (χ2n) is 5.93. The van der Waals surface area contributed by atoms with Gasteiger partial charge in [-0.1, -0.05) is 13.2 Å². The van der Waals surface area contributed by atoms with Gasteiger partial charge < -0.3 is 14.6 Å². The molecule has 33 heavy (non-hydrogen) atoms. The highest BCUT2D eigenvalue weighted by molar-refractivity contribution is 7.89. The smallest absolute Gasteiger partial charge is 0.277 e. The van der Waals surface area contributed by atoms with Gasteiger partial charge in [0.15, 0.2) is 6.93 Å². The van der Waals surface area contributed by atoms with Crippen LogP contribution in [0.3, 0.4) is 0 Å². The molecule has 1 aliphatic heterocycles. The van der Waals surface area contributed by atoms with E-state index in [2.05, 4.69) is 10.1 Å². The Labute approximate surface area is 232 Å². The molecule has 0 bridgehead atoms. The van der Waals surface area contributed by atoms with Crippen molar-refractivity contribution in [3.8, 4) is 17.1 Å². The van der Waals surface area contributed by atoms with Gasteiger partial charge in [-0.3, -0.25) is 9.48 Å². The first-order chi connectivity index (χ1) is 26.7. The lowest BCUT2D eigenvalue weighted by Crippen LogP contribution is -2.47. The van der Waals surface area contributed by atoms with E-state index in [9.17, 15) is 13.2 Å². The summed E-state index contributed by atoms with van der Waals surface area (Å²) in [6.45, 7) is -36.8. The van der Waals surface area contributed by atoms with Crippen molar-refractivity contribution in [2.45, 2.75) is 31.4 Å². The fourth-order valence-electron chi connectivity index (χ4n) is 2.61. The van der Waals surface area contributed by atoms with Crippen molar-refractivity contribution in [1.82, 2.24) is 28.9 Å². The van der Waals surface area contributed by atoms with Crippen molar-refractivity contribution < 1.29 is 51.6 Å². The van der Waals surface area contributed by atoms with Gasteiger partial charge in [-0.05, 0) is 38.4 Å². The normalized spacial score (nSPS) is 36.8. The molecule has 1 N–H and O–H groups in total. The van der Waals surface area contributed by atoms with Crippen LogP contribution in [0.15, 0.2) is 27.8 Å². The highest BCUT2D eigenvalue weighted by Gasteiger charge is 2.29. The zero-order chi connectivity index (χ0) is 48.0. The predicted octanol–water partition coefficient (Wildman–Crippen LogP) is 1.61. The maximum Gasteiger partial charge on any atom is 0.277 e. The number of likely N-dealkylation sites (N-methyl/N-ethyl adjacent to an activating group) is 1. The number of hydrogen-bond acceptors (Lipinski definition) is 7. The van der Waals surface area contributed by atoms with Gasteiger partial charge in [0.1, 0.15) is 17.1 Å². The van der Waals surface area contributed by atoms with Gasteiger partial charge in [0.2, 0.25) is 10.0 Å². The van der Waals surface area contributed by atoms with E-state index in [1.54, 1.807) is 0 Å². The maximum atomic E-state index is 14.6. The monoisotopic (exact) mass is 502 g/mol. The number of aromatic amines is 1. The molecule has 0 aliphatic carbocycles. The quantitative estimate of drug-likeness (QED) is 0.522. The summed E-state index contributed by atoms with van der Waals surface area (Å²) < 4.78 is 258. The minimum atomic E-state index is -6.66. The molecule has 1 fully saturated rings. The molecule has 10 nitrogen and oxygen atoms in total. The number of benzene rings is 1. The van der Waals surface area contributed by atoms with Crippen molar-refractivity contribution in [3.05, 3.63) is 34.2 Å². The molecular weight excluding hydrogens is 444 g/mol. The maximum absolute atomic E-state index is 14.6. The zero-order valence-electron chi connectivity index (χ0n) is 43.9. The first kappa shape index (κ1) is 6.89. The Balaban J connectivity index is 2.30. The molecular formula is C22H30N6O4S. The topological polar surface area (TPSA) is 113 Å². The number of nitrogens with one attached hydrogen (secondary N) is 1. The van der Waals surface area contributed by atoms with Gasteiger partial charge in [0.05, 0.1) is 29.6 Å². The summed E-state index contributed by atoms with van der Waals surface area (Å²) >= 11 is 0. The van der Waals surface area contributed by atoms with E-state index in [0.29, 0.717) is 0 Å². The van der Waals surface area contributed by atoms with Crippen molar-refractivity contribution in [2.24, 2.45) is 6.98 Å². The Morgan fingerprint density at radius 2 is 2.15 bits per heavy atom. The Kier molecular flexibility index (Phi) is 1.93. The van der Waals surface area contributed by atoms with Gasteiger partial charge >= 0.3 is 0 Å². The van der Waals surface area contributed by atoms with Crippen molar-refractivity contribution in [2.75, 3.05) is 39.5 Å². The Hall–Kier alpha value is -2.76. The average Bonchev–Trinajstić information content (AvgIpc) is 3.36. The molecule has 4 rings (SSSR count). The molecule has 178 valence electrons. The number of rotatable bonds is 7. The zero-order valence-corrected chi connectivity index (χ0v) is 16.7. The van der Waals surface area contributed by atoms with Crippen LogP contribution in [0.1, 0.15) is 62.8 Å². The molecule has 0 radical (unpaired) electrons. The molecule has 2 aromatic heterocycles. The van der Waals surface area contributed by atoms with E-state index < -0.39 is 160 Å². The van der Waals surface area contributed by atoms with Gasteiger partial charge in [0.25, 0.3) is 5.56 Å². The fourth-order valence-corrected chi connectivity index (χ4v) is 3.52. The summed E-state index contributed by atoms with van der Waals surface area (Å²) in [5, 5.41) is 3.59. The number of ether oxygens (including phenoxy) is 1. The largest absolute Gasteiger partial charge is 0.493 e. The molecule has 3 aromatic rings. The summed E-state index contributed by atoms with van der Waals surface area (Å²) in [5.41, 5.74) is -6.88. The third kappa shape index (κ3) is 4.40. The first-order valence-electron chi connectivity index (χ1n) is 22.4. The molecule has 3 heterocycles. The highest BCUT2D eigenvalue weighted by atomic mass is 32.2. The summed E-state index contributed by atoms with van der Waals surface area (Å²) in [6, 6.07) is -5.78. The Morgan fingerprint density at radius 3 is 2.88 bits per heavy atom. The van der Waals surface area contributed by atoms with Crippen LogP contribution in [0.2, 0.25) is 1.41 Å². The third-order valence-corrected chi connectivity index (χ3v) is 5.35. The molecule has 0 spiro atoms. The fraction of sp³-hybridized carbons (Fsp3) is 0.500. The van der Waals surface area contributed by atoms with Gasteiger partial charge in [-0.15, -0.1) is 0 Å². The molecule has 0 saturated carbocycles. The molecule has 1 saturated heterocycles. The van der Waals surface area contributed by atoms with Crippen molar-refractivity contribution in [3.63, 3.8) is 0 Å². The van der Waals surface area contributed by atoms with Crippen LogP contribution >= 0.6 is 0 Å². The minimum Gasteiger partial charge on any atom is -0.493 e. The summed E-state index contributed by atoms with van der Waals surface area (Å²) in [7, 11) is -6.66. The molecule has 1 aliphatic rings. The van der Waals surface area contributed by atoms with E-state index in [4.69, 9.17) is 43.2 Å². The second-order valence-corrected chi connectivity index (χ2v) is 7.65. The number of hydrogen-bond donors (Lipinski definition) is 1. The predicted molar refractivity (Wildman–Crippen MR) is 126 cm³/mol. The van der Waals surface area contributed by atoms with Crippen LogP contribution in [0.4, 0.5) is 0 Å². The van der Waals surface area contributed by atoms with Crippen LogP contribution in [0, 0.1) is 0 Å². The van der Waals surface area contributed by atoms with Crippen LogP contribution < -0.4 is 10.3 Å². The lowest BCUT2D eigenvalue weighted by molar-refractivity contribution is 0.222. The number of H-pyrrole nitrogens is 1. The highest BCUT2D eigenvalue weighted by Crippen LogP contribution is 2.32. The molecule has 0 unspecified atom stereocenters. The minimum absolute atomic E-state index is 0.0899. The van der Waals surface area contributed by atoms with Gasteiger partial charge in [-0.2, -0.15) is 9.40 Å². The van der Waals surface area contributed by atoms with Crippen molar-refractivity contribution in [1.29, 1.82) is 0 Å². The first-order valence-corrected chi connectivity index (χ1v) is 9.86. The van der Waals surface area contributed by atoms with Crippen molar-refractivity contribution >= 4 is 21.1 Å². The van der Waals surface area contributed by atoms with E-state index in [1.165, 1.54) is 0 Å². The number of sulfonamides is 1. The Bertz CT molecular complexity index is 2420. The van der Waals surface area contributed by atoms with E-state index in [1.807, 2.05) is 0 Å². The standard InChI is InChI=1S/C22H30N6O4S/c1-5-7-17-19-20(27(4)25-17)22(29)24-21(23-19)16-14-15(8-9-18(16)32-6-2)33(30,31)28-12-10-26(3)11-13-28/h8-9,14H,5-7,10-13H2,1-4H3,(H,23,24,29)/i1D3,2D3,3D3,4D3,5D2,6D2,8D,9D,10D2,11D2,12D2,13D2,14D/hD. The molecule has 0 atom stereocenters. The number of nitrogens with zero attached hydrogens (tertiary/aromatic N) is 5. The van der Waals surface area contributed by atoms with E-state index in [0.717, 1.165) is 0 Å². The lowest BCUT2D eigenvalue weighted by Gasteiger charge is -2.31. The van der Waals surface area contributed by atoms with Crippen LogP contribution in [-0.4, -0.2) is 76.9 Å². The van der Waals surface area contributed by atoms with Gasteiger partial charge in [0, 0.05) is 63.1 Å². The number of aromatic nitrogens is 4. The third-order valence-electron chi connectivity index (χ3n) is 3.97. The Morgan fingerprint density at radius 1 is 1.30 bits per heavy atom. The number of aryl methyl sites for hydroxylation is 2. The van der Waals surface area contributed by atoms with Crippen LogP contribution in [-0.2, 0) is 23.4 Å². The summed E-state index contributed by atoms with van der Waals surface area (Å²) in [4.78, 5) is 14.1. The van der Waals surface area contributed by atoms with E-state index >= 15 is 0 Å². The van der Waals surface area contributed by atoms with Crippen LogP contribution in [0.25, 0.3) is 22.4 Å². The molecule has 11 heteroatoms.